The quantitative estimate of drug-likeness (QED) is 0.240. The number of nitrogens with zero attached hydrogens (tertiary/aromatic N) is 2. The Morgan fingerprint density at radius 3 is 2.38 bits per heavy atom. The van der Waals surface area contributed by atoms with Gasteiger partial charge >= 0.3 is 12.1 Å². The largest absolute Gasteiger partial charge is 0.480 e. The van der Waals surface area contributed by atoms with Gasteiger partial charge in [0.15, 0.2) is 0 Å². The van der Waals surface area contributed by atoms with Crippen LogP contribution in [0.4, 0.5) is 10.6 Å². The van der Waals surface area contributed by atoms with Crippen molar-refractivity contribution in [3.05, 3.63) is 96.2 Å². The van der Waals surface area contributed by atoms with Gasteiger partial charge in [-0.3, -0.25) is 9.59 Å². The number of aromatic nitrogens is 1. The number of nitrogens with one attached hydrogen (secondary N) is 3. The van der Waals surface area contributed by atoms with Crippen LogP contribution in [0.5, 0.6) is 0 Å². The van der Waals surface area contributed by atoms with E-state index in [-0.39, 0.29) is 32.3 Å². The highest BCUT2D eigenvalue weighted by atomic mass is 16.6. The van der Waals surface area contributed by atoms with Crippen molar-refractivity contribution in [3.8, 4) is 0 Å². The van der Waals surface area contributed by atoms with Crippen molar-refractivity contribution in [3.63, 3.8) is 0 Å². The zero-order valence-corrected chi connectivity index (χ0v) is 22.8. The summed E-state index contributed by atoms with van der Waals surface area (Å²) in [5.41, 5.74) is 1.16. The van der Waals surface area contributed by atoms with Gasteiger partial charge in [-0.2, -0.15) is 0 Å². The zero-order chi connectivity index (χ0) is 29.7. The molecule has 4 rings (SSSR count). The lowest BCUT2D eigenvalue weighted by Crippen LogP contribution is -2.49. The van der Waals surface area contributed by atoms with Crippen LogP contribution in [0, 0.1) is 0 Å². The Bertz CT molecular complexity index is 1330. The number of benzene rings is 2. The summed E-state index contributed by atoms with van der Waals surface area (Å²) in [5, 5.41) is 17.6. The Kier molecular flexibility index (Phi) is 10.8. The van der Waals surface area contributed by atoms with Crippen molar-refractivity contribution in [2.75, 3.05) is 31.6 Å². The number of carboxylic acid groups (broad SMARTS) is 1. The van der Waals surface area contributed by atoms with Crippen LogP contribution in [0.1, 0.15) is 22.3 Å². The maximum absolute atomic E-state index is 13.0. The molecule has 4 N–H and O–H groups in total. The number of hydrogen-bond acceptors (Lipinski definition) is 8. The highest BCUT2D eigenvalue weighted by molar-refractivity contribution is 5.96. The molecule has 12 nitrogen and oxygen atoms in total. The van der Waals surface area contributed by atoms with Crippen molar-refractivity contribution in [2.45, 2.75) is 31.2 Å². The topological polar surface area (TPSA) is 159 Å². The van der Waals surface area contributed by atoms with Crippen LogP contribution in [0.3, 0.4) is 0 Å². The zero-order valence-electron chi connectivity index (χ0n) is 22.8. The van der Waals surface area contributed by atoms with E-state index in [0.29, 0.717) is 24.3 Å². The summed E-state index contributed by atoms with van der Waals surface area (Å²) in [6, 6.07) is 21.4. The number of anilines is 1. The number of amides is 3. The average molecular weight is 576 g/mol. The first-order valence-electron chi connectivity index (χ1n) is 13.5. The predicted molar refractivity (Wildman–Crippen MR) is 153 cm³/mol. The first-order chi connectivity index (χ1) is 20.4. The highest BCUT2D eigenvalue weighted by Gasteiger charge is 2.37. The predicted octanol–water partition coefficient (Wildman–Crippen LogP) is 2.29. The molecule has 0 spiro atoms. The number of carbonyl (C=O) groups is 4. The molecule has 3 unspecified atom stereocenters. The highest BCUT2D eigenvalue weighted by Crippen LogP contribution is 2.22. The molecule has 3 amide bonds. The van der Waals surface area contributed by atoms with Crippen molar-refractivity contribution >= 4 is 29.7 Å². The third kappa shape index (κ3) is 9.03. The van der Waals surface area contributed by atoms with Gasteiger partial charge in [0.2, 0.25) is 5.91 Å². The fraction of sp³-hybridized carbons (Fsp3) is 0.300. The van der Waals surface area contributed by atoms with Crippen LogP contribution >= 0.6 is 0 Å². The number of likely N-dealkylation sites (tertiary alicyclic amines) is 1. The van der Waals surface area contributed by atoms with E-state index in [4.69, 9.17) is 9.47 Å². The molecule has 2 heterocycles. The maximum Gasteiger partial charge on any atom is 0.410 e. The third-order valence-electron chi connectivity index (χ3n) is 6.59. The summed E-state index contributed by atoms with van der Waals surface area (Å²) >= 11 is 0. The van der Waals surface area contributed by atoms with Gasteiger partial charge in [-0.1, -0.05) is 54.6 Å². The molecule has 1 aromatic heterocycles. The summed E-state index contributed by atoms with van der Waals surface area (Å²) in [6.45, 7) is 0.0492. The van der Waals surface area contributed by atoms with Crippen LogP contribution in [0.15, 0.2) is 85.1 Å². The molecule has 0 saturated carbocycles. The molecule has 220 valence electrons. The molecule has 1 aliphatic rings. The van der Waals surface area contributed by atoms with Gasteiger partial charge in [-0.15, -0.1) is 0 Å². The molecule has 1 fully saturated rings. The van der Waals surface area contributed by atoms with E-state index in [1.54, 1.807) is 47.5 Å². The molecule has 0 radical (unpaired) electrons. The fourth-order valence-electron chi connectivity index (χ4n) is 4.40. The van der Waals surface area contributed by atoms with Gasteiger partial charge in [0.05, 0.1) is 18.7 Å². The summed E-state index contributed by atoms with van der Waals surface area (Å²) in [4.78, 5) is 55.3. The summed E-state index contributed by atoms with van der Waals surface area (Å²) < 4.78 is 11.3. The first-order valence-corrected chi connectivity index (χ1v) is 13.5. The van der Waals surface area contributed by atoms with Crippen LogP contribution in [0.2, 0.25) is 0 Å². The van der Waals surface area contributed by atoms with Gasteiger partial charge in [0, 0.05) is 24.8 Å². The monoisotopic (exact) mass is 575 g/mol. The Morgan fingerprint density at radius 1 is 0.976 bits per heavy atom. The molecule has 1 aliphatic heterocycles. The number of rotatable bonds is 13. The Morgan fingerprint density at radius 2 is 1.69 bits per heavy atom. The fourth-order valence-corrected chi connectivity index (χ4v) is 4.40. The van der Waals surface area contributed by atoms with Crippen LogP contribution in [-0.4, -0.2) is 83.3 Å². The minimum atomic E-state index is -1.33. The third-order valence-corrected chi connectivity index (χ3v) is 6.59. The lowest BCUT2D eigenvalue weighted by Gasteiger charge is -2.24. The van der Waals surface area contributed by atoms with Crippen LogP contribution in [-0.2, 0) is 25.7 Å². The van der Waals surface area contributed by atoms with Crippen molar-refractivity contribution in [2.24, 2.45) is 0 Å². The molecule has 12 heteroatoms. The van der Waals surface area contributed by atoms with E-state index in [1.807, 2.05) is 42.5 Å². The van der Waals surface area contributed by atoms with Crippen molar-refractivity contribution < 1.29 is 33.8 Å². The van der Waals surface area contributed by atoms with Gasteiger partial charge < -0.3 is 35.4 Å². The molecule has 0 aliphatic carbocycles. The van der Waals surface area contributed by atoms with E-state index < -0.39 is 36.0 Å². The molecule has 0 bridgehead atoms. The van der Waals surface area contributed by atoms with Gasteiger partial charge in [0.25, 0.3) is 5.91 Å². The van der Waals surface area contributed by atoms with E-state index >= 15 is 0 Å². The lowest BCUT2D eigenvalue weighted by atomic mass is 10.2. The Hall–Kier alpha value is -4.97. The van der Waals surface area contributed by atoms with Crippen LogP contribution in [0.25, 0.3) is 0 Å². The second kappa shape index (κ2) is 15.1. The molecule has 3 aromatic rings. The molecular formula is C30H33N5O7. The van der Waals surface area contributed by atoms with E-state index in [2.05, 4.69) is 20.9 Å². The SMILES string of the molecule is O=C(COC1CC(CNc2ccccn2)N(C(=O)OCc2ccccc2)C1)NCC(NC(=O)c1ccccc1)C(=O)O. The smallest absolute Gasteiger partial charge is 0.410 e. The maximum atomic E-state index is 13.0. The minimum absolute atomic E-state index is 0.121. The number of aliphatic carboxylic acids is 1. The van der Waals surface area contributed by atoms with Gasteiger partial charge in [0.1, 0.15) is 25.1 Å². The molecule has 42 heavy (non-hydrogen) atoms. The average Bonchev–Trinajstić information content (AvgIpc) is 3.44. The second-order valence-corrected chi connectivity index (χ2v) is 9.65. The van der Waals surface area contributed by atoms with Crippen LogP contribution < -0.4 is 16.0 Å². The second-order valence-electron chi connectivity index (χ2n) is 9.65. The molecular weight excluding hydrogens is 542 g/mol. The number of pyridine rings is 1. The normalized spacial score (nSPS) is 16.7. The first kappa shape index (κ1) is 30.0. The number of carboxylic acids is 1. The summed E-state index contributed by atoms with van der Waals surface area (Å²) in [6.07, 6.45) is 1.15. The van der Waals surface area contributed by atoms with Gasteiger partial charge in [-0.05, 0) is 36.2 Å². The van der Waals surface area contributed by atoms with E-state index in [1.165, 1.54) is 0 Å². The number of carbonyl (C=O) groups excluding carboxylic acids is 3. The Labute approximate surface area is 243 Å². The molecule has 1 saturated heterocycles. The summed E-state index contributed by atoms with van der Waals surface area (Å²) in [5.74, 6) is -1.75. The number of ether oxygens (including phenoxy) is 2. The Balaban J connectivity index is 1.28. The summed E-state index contributed by atoms with van der Waals surface area (Å²) in [7, 11) is 0. The van der Waals surface area contributed by atoms with Crippen molar-refractivity contribution in [1.29, 1.82) is 0 Å². The van der Waals surface area contributed by atoms with Crippen molar-refractivity contribution in [1.82, 2.24) is 20.5 Å². The molecule has 3 atom stereocenters. The molecule has 2 aromatic carbocycles. The van der Waals surface area contributed by atoms with E-state index in [0.717, 1.165) is 5.56 Å². The number of hydrogen-bond donors (Lipinski definition) is 4. The lowest BCUT2D eigenvalue weighted by molar-refractivity contribution is -0.139. The minimum Gasteiger partial charge on any atom is -0.480 e. The van der Waals surface area contributed by atoms with Gasteiger partial charge in [-0.25, -0.2) is 14.6 Å². The van der Waals surface area contributed by atoms with E-state index in [9.17, 15) is 24.3 Å². The standard InChI is InChI=1S/C30H33N5O7/c36-27(33-17-25(29(38)39)34-28(37)22-11-5-2-6-12-22)20-41-24-15-23(16-32-26-13-7-8-14-31-26)35(18-24)30(40)42-19-21-9-3-1-4-10-21/h1-14,23-25H,15-20H2,(H,31,32)(H,33,36)(H,34,37)(H,38,39).